The number of nitrogen functional groups attached to an aromatic ring is 1. The first-order valence-corrected chi connectivity index (χ1v) is 7.96. The zero-order valence-electron chi connectivity index (χ0n) is 11.3. The van der Waals surface area contributed by atoms with Crippen LogP contribution >= 0.6 is 11.8 Å². The number of nitrogens with zero attached hydrogens (tertiary/aromatic N) is 2. The van der Waals surface area contributed by atoms with Crippen LogP contribution < -0.4 is 5.73 Å². The van der Waals surface area contributed by atoms with E-state index in [0.717, 1.165) is 36.7 Å². The number of hydrogen-bond donors (Lipinski definition) is 1. The molecule has 1 aromatic rings. The van der Waals surface area contributed by atoms with Crippen molar-refractivity contribution in [3.63, 3.8) is 0 Å². The maximum Gasteiger partial charge on any atom is 0.126 e. The average Bonchev–Trinajstić information content (AvgIpc) is 2.64. The minimum absolute atomic E-state index is 0.899. The maximum atomic E-state index is 6.20. The molecule has 1 rings (SSSR count). The molecular formula is C13H25N3S. The van der Waals surface area contributed by atoms with E-state index in [4.69, 9.17) is 5.73 Å². The molecule has 0 aliphatic carbocycles. The minimum Gasteiger partial charge on any atom is -0.384 e. The molecule has 0 unspecified atom stereocenters. The van der Waals surface area contributed by atoms with Crippen LogP contribution in [-0.4, -0.2) is 21.6 Å². The van der Waals surface area contributed by atoms with Gasteiger partial charge in [-0.2, -0.15) is 11.8 Å². The lowest BCUT2D eigenvalue weighted by Crippen LogP contribution is -2.07. The summed E-state index contributed by atoms with van der Waals surface area (Å²) < 4.78 is 2.21. The van der Waals surface area contributed by atoms with Crippen LogP contribution in [0.5, 0.6) is 0 Å². The Labute approximate surface area is 109 Å². The summed E-state index contributed by atoms with van der Waals surface area (Å²) in [6.45, 7) is 5.37. The Morgan fingerprint density at radius 1 is 1.29 bits per heavy atom. The van der Waals surface area contributed by atoms with Crippen molar-refractivity contribution >= 4 is 17.6 Å². The Morgan fingerprint density at radius 2 is 2.06 bits per heavy atom. The molecule has 0 saturated heterocycles. The van der Waals surface area contributed by atoms with Crippen LogP contribution in [0.1, 0.15) is 44.6 Å². The highest BCUT2D eigenvalue weighted by molar-refractivity contribution is 7.98. The van der Waals surface area contributed by atoms with E-state index in [2.05, 4.69) is 29.7 Å². The number of rotatable bonds is 8. The highest BCUT2D eigenvalue weighted by Gasteiger charge is 2.12. The van der Waals surface area contributed by atoms with E-state index in [1.165, 1.54) is 25.0 Å². The molecular weight excluding hydrogens is 230 g/mol. The van der Waals surface area contributed by atoms with Crippen molar-refractivity contribution in [1.29, 1.82) is 0 Å². The third-order valence-electron chi connectivity index (χ3n) is 2.98. The second kappa shape index (κ2) is 7.64. The summed E-state index contributed by atoms with van der Waals surface area (Å²) in [5, 5.41) is 0. The Balaban J connectivity index is 2.74. The van der Waals surface area contributed by atoms with Crippen LogP contribution in [0.25, 0.3) is 0 Å². The van der Waals surface area contributed by atoms with Crippen LogP contribution in [0.3, 0.4) is 0 Å². The molecule has 0 aromatic carbocycles. The van der Waals surface area contributed by atoms with Gasteiger partial charge in [-0.25, -0.2) is 4.98 Å². The largest absolute Gasteiger partial charge is 0.384 e. The molecule has 1 aromatic heterocycles. The molecule has 1 heterocycles. The van der Waals surface area contributed by atoms with Crippen molar-refractivity contribution in [3.8, 4) is 0 Å². The first-order valence-electron chi connectivity index (χ1n) is 6.57. The topological polar surface area (TPSA) is 43.8 Å². The molecule has 0 fully saturated rings. The van der Waals surface area contributed by atoms with E-state index < -0.39 is 0 Å². The number of anilines is 1. The SMILES string of the molecule is CCCCn1c(CC)nc(CCCSC)c1N. The fourth-order valence-electron chi connectivity index (χ4n) is 1.97. The molecule has 0 aliphatic heterocycles. The molecule has 3 nitrogen and oxygen atoms in total. The normalized spacial score (nSPS) is 11.0. The Bertz CT molecular complexity index is 334. The average molecular weight is 255 g/mol. The number of unbranched alkanes of at least 4 members (excludes halogenated alkanes) is 1. The summed E-state index contributed by atoms with van der Waals surface area (Å²) in [4.78, 5) is 4.68. The van der Waals surface area contributed by atoms with Crippen LogP contribution in [0.2, 0.25) is 0 Å². The van der Waals surface area contributed by atoms with Gasteiger partial charge in [0.05, 0.1) is 5.69 Å². The van der Waals surface area contributed by atoms with Crippen LogP contribution in [0.4, 0.5) is 5.82 Å². The number of imidazole rings is 1. The van der Waals surface area contributed by atoms with Crippen molar-refractivity contribution < 1.29 is 0 Å². The lowest BCUT2D eigenvalue weighted by atomic mass is 10.2. The molecule has 0 spiro atoms. The second-order valence-electron chi connectivity index (χ2n) is 4.32. The Morgan fingerprint density at radius 3 is 2.65 bits per heavy atom. The highest BCUT2D eigenvalue weighted by atomic mass is 32.2. The van der Waals surface area contributed by atoms with Crippen LogP contribution in [0, 0.1) is 0 Å². The summed E-state index contributed by atoms with van der Waals surface area (Å²) >= 11 is 1.88. The number of nitrogens with two attached hydrogens (primary N) is 1. The quantitative estimate of drug-likeness (QED) is 0.726. The van der Waals surface area contributed by atoms with Gasteiger partial charge in [0.15, 0.2) is 0 Å². The maximum absolute atomic E-state index is 6.20. The number of aryl methyl sites for hydroxylation is 2. The standard InChI is InChI=1S/C13H25N3S/c1-4-6-9-16-12(5-2)15-11(13(16)14)8-7-10-17-3/h4-10,14H2,1-3H3. The summed E-state index contributed by atoms with van der Waals surface area (Å²) in [5.41, 5.74) is 7.30. The van der Waals surface area contributed by atoms with Crippen LogP contribution in [0.15, 0.2) is 0 Å². The number of thioether (sulfide) groups is 1. The van der Waals surface area contributed by atoms with Gasteiger partial charge >= 0.3 is 0 Å². The molecule has 0 atom stereocenters. The van der Waals surface area contributed by atoms with Gasteiger partial charge in [-0.3, -0.25) is 0 Å². The summed E-state index contributed by atoms with van der Waals surface area (Å²) in [6.07, 6.45) is 7.66. The summed E-state index contributed by atoms with van der Waals surface area (Å²) in [5.74, 6) is 3.23. The van der Waals surface area contributed by atoms with Gasteiger partial charge in [-0.05, 0) is 31.3 Å². The van der Waals surface area contributed by atoms with Crippen molar-refractivity contribution in [2.75, 3.05) is 17.7 Å². The van der Waals surface area contributed by atoms with Gasteiger partial charge in [0.25, 0.3) is 0 Å². The van der Waals surface area contributed by atoms with E-state index in [0.29, 0.717) is 0 Å². The van der Waals surface area contributed by atoms with Crippen molar-refractivity contribution in [2.45, 2.75) is 52.5 Å². The molecule has 0 radical (unpaired) electrons. The first-order chi connectivity index (χ1) is 8.24. The minimum atomic E-state index is 0.899. The molecule has 2 N–H and O–H groups in total. The fourth-order valence-corrected chi connectivity index (χ4v) is 2.40. The van der Waals surface area contributed by atoms with Gasteiger partial charge in [0.1, 0.15) is 11.6 Å². The lowest BCUT2D eigenvalue weighted by molar-refractivity contribution is 0.612. The zero-order valence-corrected chi connectivity index (χ0v) is 12.1. The van der Waals surface area contributed by atoms with Crippen LogP contribution in [-0.2, 0) is 19.4 Å². The van der Waals surface area contributed by atoms with E-state index in [9.17, 15) is 0 Å². The second-order valence-corrected chi connectivity index (χ2v) is 5.30. The summed E-state index contributed by atoms with van der Waals surface area (Å²) in [6, 6.07) is 0. The zero-order chi connectivity index (χ0) is 12.7. The smallest absolute Gasteiger partial charge is 0.126 e. The molecule has 98 valence electrons. The van der Waals surface area contributed by atoms with E-state index in [1.54, 1.807) is 0 Å². The summed E-state index contributed by atoms with van der Waals surface area (Å²) in [7, 11) is 0. The highest BCUT2D eigenvalue weighted by Crippen LogP contribution is 2.18. The van der Waals surface area contributed by atoms with Gasteiger partial charge in [0.2, 0.25) is 0 Å². The number of aromatic nitrogens is 2. The van der Waals surface area contributed by atoms with Crippen molar-refractivity contribution in [1.82, 2.24) is 9.55 Å². The predicted molar refractivity (Wildman–Crippen MR) is 77.6 cm³/mol. The van der Waals surface area contributed by atoms with Gasteiger partial charge < -0.3 is 10.3 Å². The number of hydrogen-bond acceptors (Lipinski definition) is 3. The molecule has 0 aliphatic rings. The van der Waals surface area contributed by atoms with E-state index in [-0.39, 0.29) is 0 Å². The molecule has 4 heteroatoms. The molecule has 0 bridgehead atoms. The van der Waals surface area contributed by atoms with Gasteiger partial charge in [-0.1, -0.05) is 20.3 Å². The Kier molecular flexibility index (Phi) is 6.48. The van der Waals surface area contributed by atoms with E-state index >= 15 is 0 Å². The monoisotopic (exact) mass is 255 g/mol. The predicted octanol–water partition coefficient (Wildman–Crippen LogP) is 3.12. The van der Waals surface area contributed by atoms with Crippen molar-refractivity contribution in [2.24, 2.45) is 0 Å². The van der Waals surface area contributed by atoms with Gasteiger partial charge in [-0.15, -0.1) is 0 Å². The molecule has 0 saturated carbocycles. The lowest BCUT2D eigenvalue weighted by Gasteiger charge is -2.07. The molecule has 0 amide bonds. The first kappa shape index (κ1) is 14.4. The third-order valence-corrected chi connectivity index (χ3v) is 3.67. The Hall–Kier alpha value is -0.640. The third kappa shape index (κ3) is 3.95. The van der Waals surface area contributed by atoms with Crippen molar-refractivity contribution in [3.05, 3.63) is 11.5 Å². The van der Waals surface area contributed by atoms with Gasteiger partial charge in [0, 0.05) is 13.0 Å². The molecule has 17 heavy (non-hydrogen) atoms. The fraction of sp³-hybridized carbons (Fsp3) is 0.769. The van der Waals surface area contributed by atoms with E-state index in [1.807, 2.05) is 11.8 Å².